The van der Waals surface area contributed by atoms with Gasteiger partial charge in [-0.2, -0.15) is 10.4 Å². The van der Waals surface area contributed by atoms with Gasteiger partial charge in [0.05, 0.1) is 17.4 Å². The molecule has 2 aromatic heterocycles. The summed E-state index contributed by atoms with van der Waals surface area (Å²) in [6.07, 6.45) is 5.29. The first-order chi connectivity index (χ1) is 9.81. The molecule has 0 aliphatic carbocycles. The highest BCUT2D eigenvalue weighted by atomic mass is 15.3. The molecule has 0 spiro atoms. The minimum Gasteiger partial charge on any atom is -0.373 e. The third-order valence-electron chi connectivity index (χ3n) is 4.49. The summed E-state index contributed by atoms with van der Waals surface area (Å²) in [6.45, 7) is 3.17. The lowest BCUT2D eigenvalue weighted by Gasteiger charge is -2.24. The van der Waals surface area contributed by atoms with Crippen molar-refractivity contribution >= 4 is 17.0 Å². The maximum Gasteiger partial charge on any atom is 0.136 e. The Labute approximate surface area is 118 Å². The van der Waals surface area contributed by atoms with Gasteiger partial charge >= 0.3 is 0 Å². The number of fused-ring (bicyclic) bond motifs is 2. The van der Waals surface area contributed by atoms with Crippen molar-refractivity contribution in [2.45, 2.75) is 19.3 Å². The maximum absolute atomic E-state index is 9.56. The van der Waals surface area contributed by atoms with Crippen LogP contribution < -0.4 is 9.80 Å². The average Bonchev–Trinajstić information content (AvgIpc) is 3.17. The highest BCUT2D eigenvalue weighted by Crippen LogP contribution is 2.40. The minimum atomic E-state index is 0.764. The van der Waals surface area contributed by atoms with Gasteiger partial charge in [0, 0.05) is 32.2 Å². The molecule has 2 aromatic rings. The quantitative estimate of drug-likeness (QED) is 0.790. The van der Waals surface area contributed by atoms with E-state index < -0.39 is 0 Å². The van der Waals surface area contributed by atoms with Crippen LogP contribution in [0.25, 0.3) is 5.52 Å². The number of pyridine rings is 1. The Kier molecular flexibility index (Phi) is 2.40. The third-order valence-corrected chi connectivity index (χ3v) is 4.49. The molecule has 2 aliphatic rings. The number of nitriles is 1. The lowest BCUT2D eigenvalue weighted by molar-refractivity contribution is 0.846. The molecule has 4 heterocycles. The topological polar surface area (TPSA) is 47.6 Å². The van der Waals surface area contributed by atoms with Crippen molar-refractivity contribution in [3.63, 3.8) is 0 Å². The summed E-state index contributed by atoms with van der Waals surface area (Å²) in [7, 11) is 2.08. The smallest absolute Gasteiger partial charge is 0.136 e. The highest BCUT2D eigenvalue weighted by molar-refractivity contribution is 5.83. The summed E-state index contributed by atoms with van der Waals surface area (Å²) in [4.78, 5) is 4.64. The van der Waals surface area contributed by atoms with Crippen LogP contribution in [0, 0.1) is 11.3 Å². The van der Waals surface area contributed by atoms with Gasteiger partial charge in [0.1, 0.15) is 17.5 Å². The van der Waals surface area contributed by atoms with Crippen molar-refractivity contribution in [2.24, 2.45) is 0 Å². The molecular formula is C15H17N5. The van der Waals surface area contributed by atoms with E-state index in [1.165, 1.54) is 24.2 Å². The lowest BCUT2D eigenvalue weighted by atomic mass is 10.1. The van der Waals surface area contributed by atoms with Crippen molar-refractivity contribution < 1.29 is 0 Å². The van der Waals surface area contributed by atoms with Gasteiger partial charge in [-0.05, 0) is 25.3 Å². The third kappa shape index (κ3) is 1.39. The molecule has 2 aliphatic heterocycles. The Bertz CT molecular complexity index is 718. The van der Waals surface area contributed by atoms with E-state index in [1.807, 2.05) is 10.6 Å². The number of hydrogen-bond acceptors (Lipinski definition) is 4. The van der Waals surface area contributed by atoms with Crippen LogP contribution in [0.15, 0.2) is 12.3 Å². The number of rotatable bonds is 1. The number of likely N-dealkylation sites (N-methyl/N-ethyl adjacent to an activating group) is 1. The fourth-order valence-electron chi connectivity index (χ4n) is 3.57. The molecule has 102 valence electrons. The Hall–Kier alpha value is -2.22. The van der Waals surface area contributed by atoms with Gasteiger partial charge in [0.25, 0.3) is 0 Å². The molecule has 0 amide bonds. The maximum atomic E-state index is 9.56. The van der Waals surface area contributed by atoms with Crippen LogP contribution in [-0.2, 0) is 6.42 Å². The molecule has 1 saturated heterocycles. The van der Waals surface area contributed by atoms with Gasteiger partial charge in [-0.25, -0.2) is 4.52 Å². The first-order valence-electron chi connectivity index (χ1n) is 7.20. The minimum absolute atomic E-state index is 0.764. The average molecular weight is 267 g/mol. The van der Waals surface area contributed by atoms with E-state index in [4.69, 9.17) is 0 Å². The van der Waals surface area contributed by atoms with Crippen LogP contribution in [-0.4, -0.2) is 36.3 Å². The van der Waals surface area contributed by atoms with Crippen LogP contribution in [0.3, 0.4) is 0 Å². The van der Waals surface area contributed by atoms with E-state index in [9.17, 15) is 5.26 Å². The standard InChI is InChI=1S/C15H17N5/c1-18-9-5-11-14(18)12(10-16)13-4-6-17-20(13)15(11)19-7-2-3-8-19/h4,6H,2-3,5,7-9H2,1H3. The summed E-state index contributed by atoms with van der Waals surface area (Å²) in [5.74, 6) is 1.21. The van der Waals surface area contributed by atoms with Crippen LogP contribution in [0.4, 0.5) is 11.5 Å². The molecule has 0 radical (unpaired) electrons. The van der Waals surface area contributed by atoms with E-state index in [-0.39, 0.29) is 0 Å². The van der Waals surface area contributed by atoms with Gasteiger partial charge in [-0.15, -0.1) is 0 Å². The van der Waals surface area contributed by atoms with Crippen LogP contribution in [0.1, 0.15) is 24.0 Å². The first kappa shape index (κ1) is 11.6. The van der Waals surface area contributed by atoms with E-state index >= 15 is 0 Å². The fraction of sp³-hybridized carbons (Fsp3) is 0.467. The lowest BCUT2D eigenvalue weighted by Crippen LogP contribution is -2.23. The first-order valence-corrected chi connectivity index (χ1v) is 7.20. The zero-order valence-electron chi connectivity index (χ0n) is 11.6. The second kappa shape index (κ2) is 4.14. The predicted molar refractivity (Wildman–Crippen MR) is 78.3 cm³/mol. The van der Waals surface area contributed by atoms with Crippen LogP contribution >= 0.6 is 0 Å². The molecule has 0 aromatic carbocycles. The molecule has 0 saturated carbocycles. The fourth-order valence-corrected chi connectivity index (χ4v) is 3.57. The number of nitrogens with zero attached hydrogens (tertiary/aromatic N) is 5. The van der Waals surface area contributed by atoms with Crippen molar-refractivity contribution in [3.8, 4) is 6.07 Å². The van der Waals surface area contributed by atoms with Crippen molar-refractivity contribution in [1.82, 2.24) is 9.61 Å². The van der Waals surface area contributed by atoms with Gasteiger partial charge in [0.15, 0.2) is 0 Å². The number of anilines is 2. The van der Waals surface area contributed by atoms with Crippen molar-refractivity contribution in [2.75, 3.05) is 36.5 Å². The Morgan fingerprint density at radius 1 is 1.25 bits per heavy atom. The van der Waals surface area contributed by atoms with Crippen LogP contribution in [0.5, 0.6) is 0 Å². The molecule has 20 heavy (non-hydrogen) atoms. The molecule has 5 heteroatoms. The highest BCUT2D eigenvalue weighted by Gasteiger charge is 2.30. The van der Waals surface area contributed by atoms with Gasteiger partial charge in [0.2, 0.25) is 0 Å². The Morgan fingerprint density at radius 2 is 2.05 bits per heavy atom. The van der Waals surface area contributed by atoms with Crippen molar-refractivity contribution in [3.05, 3.63) is 23.4 Å². The van der Waals surface area contributed by atoms with E-state index in [2.05, 4.69) is 28.0 Å². The molecule has 0 N–H and O–H groups in total. The summed E-state index contributed by atoms with van der Waals surface area (Å²) < 4.78 is 1.97. The van der Waals surface area contributed by atoms with Crippen molar-refractivity contribution in [1.29, 1.82) is 5.26 Å². The van der Waals surface area contributed by atoms with E-state index in [0.29, 0.717) is 0 Å². The Balaban J connectivity index is 2.08. The molecule has 5 nitrogen and oxygen atoms in total. The summed E-state index contributed by atoms with van der Waals surface area (Å²) in [6, 6.07) is 4.33. The Morgan fingerprint density at radius 3 is 2.80 bits per heavy atom. The van der Waals surface area contributed by atoms with Gasteiger partial charge < -0.3 is 9.80 Å². The largest absolute Gasteiger partial charge is 0.373 e. The normalized spacial score (nSPS) is 17.8. The summed E-state index contributed by atoms with van der Waals surface area (Å²) >= 11 is 0. The molecule has 0 unspecified atom stereocenters. The second-order valence-electron chi connectivity index (χ2n) is 5.63. The van der Waals surface area contributed by atoms with Gasteiger partial charge in [-0.1, -0.05) is 0 Å². The molecule has 0 bridgehead atoms. The number of hydrogen-bond donors (Lipinski definition) is 0. The molecule has 1 fully saturated rings. The second-order valence-corrected chi connectivity index (χ2v) is 5.63. The molecule has 0 atom stereocenters. The van der Waals surface area contributed by atoms with E-state index in [0.717, 1.165) is 42.8 Å². The molecular weight excluding hydrogens is 250 g/mol. The zero-order valence-corrected chi connectivity index (χ0v) is 11.6. The van der Waals surface area contributed by atoms with Gasteiger partial charge in [-0.3, -0.25) is 0 Å². The SMILES string of the molecule is CN1CCc2c1c(C#N)c1ccnn1c2N1CCCC1. The van der Waals surface area contributed by atoms with Crippen LogP contribution in [0.2, 0.25) is 0 Å². The monoisotopic (exact) mass is 267 g/mol. The summed E-state index contributed by atoms with van der Waals surface area (Å²) in [5.41, 5.74) is 4.10. The number of aromatic nitrogens is 2. The summed E-state index contributed by atoms with van der Waals surface area (Å²) in [5, 5.41) is 14.0. The van der Waals surface area contributed by atoms with E-state index in [1.54, 1.807) is 6.20 Å². The predicted octanol–water partition coefficient (Wildman–Crippen LogP) is 1.80. The molecule has 4 rings (SSSR count). The zero-order chi connectivity index (χ0) is 13.7.